The molecule has 1 aromatic rings. The summed E-state index contributed by atoms with van der Waals surface area (Å²) >= 11 is 0. The molecule has 1 atom stereocenters. The summed E-state index contributed by atoms with van der Waals surface area (Å²) in [4.78, 5) is 14.2. The summed E-state index contributed by atoms with van der Waals surface area (Å²) in [6.07, 6.45) is 5.70. The first-order valence-corrected chi connectivity index (χ1v) is 7.63. The number of carbonyl (C=O) groups excluding carboxylic acids is 1. The van der Waals surface area contributed by atoms with E-state index < -0.39 is 0 Å². The minimum Gasteiger partial charge on any atom is -0.340 e. The van der Waals surface area contributed by atoms with Crippen molar-refractivity contribution >= 4 is 5.91 Å². The standard InChI is InChI=1S/C15H26N4O/c1-4-12-11-14(19(3)17-12)15(20)18(2)10-8-13-7-5-6-9-16-13/h11,13,16H,4-10H2,1-3H3. The number of rotatable bonds is 5. The lowest BCUT2D eigenvalue weighted by Gasteiger charge is -2.26. The van der Waals surface area contributed by atoms with Gasteiger partial charge in [-0.1, -0.05) is 13.3 Å². The second kappa shape index (κ2) is 6.88. The van der Waals surface area contributed by atoms with Gasteiger partial charge in [-0.15, -0.1) is 0 Å². The number of piperidine rings is 1. The van der Waals surface area contributed by atoms with E-state index in [-0.39, 0.29) is 5.91 Å². The Hall–Kier alpha value is -1.36. The van der Waals surface area contributed by atoms with Crippen LogP contribution in [-0.4, -0.2) is 46.8 Å². The Balaban J connectivity index is 1.88. The van der Waals surface area contributed by atoms with E-state index in [9.17, 15) is 4.79 Å². The molecule has 1 amide bonds. The van der Waals surface area contributed by atoms with Crippen LogP contribution in [-0.2, 0) is 13.5 Å². The summed E-state index contributed by atoms with van der Waals surface area (Å²) < 4.78 is 1.69. The smallest absolute Gasteiger partial charge is 0.271 e. The molecule has 1 fully saturated rings. The highest BCUT2D eigenvalue weighted by Crippen LogP contribution is 2.12. The number of hydrogen-bond acceptors (Lipinski definition) is 3. The zero-order valence-corrected chi connectivity index (χ0v) is 12.9. The normalized spacial score (nSPS) is 19.1. The highest BCUT2D eigenvalue weighted by Gasteiger charge is 2.19. The molecule has 0 aliphatic carbocycles. The van der Waals surface area contributed by atoms with E-state index in [1.54, 1.807) is 4.68 Å². The van der Waals surface area contributed by atoms with E-state index in [1.165, 1.54) is 19.3 Å². The van der Waals surface area contributed by atoms with Crippen molar-refractivity contribution in [1.82, 2.24) is 20.0 Å². The third-order valence-electron chi connectivity index (χ3n) is 4.08. The number of amides is 1. The Labute approximate surface area is 121 Å². The Bertz CT molecular complexity index is 449. The fraction of sp³-hybridized carbons (Fsp3) is 0.733. The lowest BCUT2D eigenvalue weighted by molar-refractivity contribution is 0.0777. The average Bonchev–Trinajstić information content (AvgIpc) is 2.86. The molecule has 0 aromatic carbocycles. The summed E-state index contributed by atoms with van der Waals surface area (Å²) in [5.74, 6) is 0.0653. The lowest BCUT2D eigenvalue weighted by atomic mass is 10.0. The predicted octanol–water partition coefficient (Wildman–Crippen LogP) is 1.59. The van der Waals surface area contributed by atoms with Crippen molar-refractivity contribution in [2.24, 2.45) is 7.05 Å². The van der Waals surface area contributed by atoms with E-state index in [1.807, 2.05) is 25.1 Å². The minimum atomic E-state index is 0.0653. The molecule has 2 heterocycles. The molecule has 1 aliphatic heterocycles. The van der Waals surface area contributed by atoms with Gasteiger partial charge in [-0.3, -0.25) is 9.48 Å². The molecule has 0 bridgehead atoms. The van der Waals surface area contributed by atoms with Gasteiger partial charge in [-0.25, -0.2) is 0 Å². The predicted molar refractivity (Wildman–Crippen MR) is 79.8 cm³/mol. The SMILES string of the molecule is CCc1cc(C(=O)N(C)CCC2CCCCN2)n(C)n1. The highest BCUT2D eigenvalue weighted by molar-refractivity contribution is 5.92. The third-order valence-corrected chi connectivity index (χ3v) is 4.08. The average molecular weight is 278 g/mol. The van der Waals surface area contributed by atoms with Gasteiger partial charge >= 0.3 is 0 Å². The van der Waals surface area contributed by atoms with Crippen molar-refractivity contribution in [2.45, 2.75) is 45.1 Å². The first-order valence-electron chi connectivity index (χ1n) is 7.63. The largest absolute Gasteiger partial charge is 0.340 e. The summed E-state index contributed by atoms with van der Waals surface area (Å²) in [5.41, 5.74) is 1.65. The van der Waals surface area contributed by atoms with Crippen LogP contribution in [0.5, 0.6) is 0 Å². The lowest BCUT2D eigenvalue weighted by Crippen LogP contribution is -2.38. The zero-order chi connectivity index (χ0) is 14.5. The van der Waals surface area contributed by atoms with Gasteiger partial charge in [0.25, 0.3) is 5.91 Å². The van der Waals surface area contributed by atoms with Gasteiger partial charge in [0.05, 0.1) is 5.69 Å². The monoisotopic (exact) mass is 278 g/mol. The van der Waals surface area contributed by atoms with Crippen LogP contribution in [0.15, 0.2) is 6.07 Å². The summed E-state index contributed by atoms with van der Waals surface area (Å²) in [5, 5.41) is 7.86. The second-order valence-electron chi connectivity index (χ2n) is 5.66. The molecule has 5 nitrogen and oxygen atoms in total. The molecule has 0 radical (unpaired) electrons. The molecule has 2 rings (SSSR count). The first kappa shape index (κ1) is 15.0. The first-order chi connectivity index (χ1) is 9.61. The number of hydrogen-bond donors (Lipinski definition) is 1. The van der Waals surface area contributed by atoms with E-state index in [0.717, 1.165) is 31.6 Å². The third kappa shape index (κ3) is 3.60. The Morgan fingerprint density at radius 2 is 2.35 bits per heavy atom. The molecule has 1 unspecified atom stereocenters. The van der Waals surface area contributed by atoms with Gasteiger partial charge in [-0.05, 0) is 38.3 Å². The van der Waals surface area contributed by atoms with E-state index in [4.69, 9.17) is 0 Å². The van der Waals surface area contributed by atoms with Crippen LogP contribution in [0, 0.1) is 0 Å². The van der Waals surface area contributed by atoms with Gasteiger partial charge in [0, 0.05) is 26.7 Å². The fourth-order valence-corrected chi connectivity index (χ4v) is 2.72. The number of aryl methyl sites for hydroxylation is 2. The van der Waals surface area contributed by atoms with Crippen molar-refractivity contribution in [3.8, 4) is 0 Å². The van der Waals surface area contributed by atoms with Crippen LogP contribution < -0.4 is 5.32 Å². The molecule has 0 saturated carbocycles. The highest BCUT2D eigenvalue weighted by atomic mass is 16.2. The van der Waals surface area contributed by atoms with Gasteiger partial charge in [0.2, 0.25) is 0 Å². The molecule has 0 spiro atoms. The molecule has 20 heavy (non-hydrogen) atoms. The van der Waals surface area contributed by atoms with E-state index in [2.05, 4.69) is 17.3 Å². The maximum atomic E-state index is 12.4. The Kier molecular flexibility index (Phi) is 5.17. The van der Waals surface area contributed by atoms with Crippen LogP contribution in [0.3, 0.4) is 0 Å². The minimum absolute atomic E-state index is 0.0653. The quantitative estimate of drug-likeness (QED) is 0.890. The fourth-order valence-electron chi connectivity index (χ4n) is 2.72. The van der Waals surface area contributed by atoms with Gasteiger partial charge in [0.15, 0.2) is 0 Å². The number of nitrogens with zero attached hydrogens (tertiary/aromatic N) is 3. The van der Waals surface area contributed by atoms with E-state index in [0.29, 0.717) is 11.7 Å². The number of nitrogens with one attached hydrogen (secondary N) is 1. The number of carbonyl (C=O) groups is 1. The van der Waals surface area contributed by atoms with Crippen molar-refractivity contribution < 1.29 is 4.79 Å². The van der Waals surface area contributed by atoms with Crippen molar-refractivity contribution in [1.29, 1.82) is 0 Å². The molecular weight excluding hydrogens is 252 g/mol. The molecule has 1 N–H and O–H groups in total. The van der Waals surface area contributed by atoms with Gasteiger partial charge in [0.1, 0.15) is 5.69 Å². The Morgan fingerprint density at radius 3 is 2.95 bits per heavy atom. The van der Waals surface area contributed by atoms with Gasteiger partial charge < -0.3 is 10.2 Å². The van der Waals surface area contributed by atoms with Crippen LogP contribution in [0.25, 0.3) is 0 Å². The van der Waals surface area contributed by atoms with Crippen molar-refractivity contribution in [3.63, 3.8) is 0 Å². The number of aromatic nitrogens is 2. The van der Waals surface area contributed by atoms with Crippen LogP contribution >= 0.6 is 0 Å². The maximum absolute atomic E-state index is 12.4. The van der Waals surface area contributed by atoms with Crippen molar-refractivity contribution in [2.75, 3.05) is 20.1 Å². The molecular formula is C15H26N4O. The second-order valence-corrected chi connectivity index (χ2v) is 5.66. The molecule has 1 aliphatic rings. The summed E-state index contributed by atoms with van der Waals surface area (Å²) in [6.45, 7) is 3.96. The zero-order valence-electron chi connectivity index (χ0n) is 12.9. The van der Waals surface area contributed by atoms with E-state index >= 15 is 0 Å². The topological polar surface area (TPSA) is 50.2 Å². The summed E-state index contributed by atoms with van der Waals surface area (Å²) in [7, 11) is 3.71. The molecule has 1 aromatic heterocycles. The Morgan fingerprint density at radius 1 is 1.55 bits per heavy atom. The molecule has 5 heteroatoms. The van der Waals surface area contributed by atoms with Crippen molar-refractivity contribution in [3.05, 3.63) is 17.5 Å². The van der Waals surface area contributed by atoms with Crippen LogP contribution in [0.2, 0.25) is 0 Å². The maximum Gasteiger partial charge on any atom is 0.271 e. The van der Waals surface area contributed by atoms with Crippen LogP contribution in [0.4, 0.5) is 0 Å². The summed E-state index contributed by atoms with van der Waals surface area (Å²) in [6, 6.07) is 2.47. The van der Waals surface area contributed by atoms with Crippen LogP contribution in [0.1, 0.15) is 48.8 Å². The molecule has 112 valence electrons. The molecule has 1 saturated heterocycles. The van der Waals surface area contributed by atoms with Gasteiger partial charge in [-0.2, -0.15) is 5.10 Å².